The first-order valence-electron chi connectivity index (χ1n) is 9.12. The molecule has 3 N–H and O–H groups in total. The van der Waals surface area contributed by atoms with E-state index in [-0.39, 0.29) is 18.0 Å². The molecule has 0 aliphatic carbocycles. The molecule has 2 aromatic carbocycles. The highest BCUT2D eigenvalue weighted by molar-refractivity contribution is 5.97. The van der Waals surface area contributed by atoms with Crippen molar-refractivity contribution in [1.82, 2.24) is 10.2 Å². The summed E-state index contributed by atoms with van der Waals surface area (Å²) in [5, 5.41) is 24.5. The van der Waals surface area contributed by atoms with Gasteiger partial charge in [-0.05, 0) is 44.0 Å². The summed E-state index contributed by atoms with van der Waals surface area (Å²) in [4.78, 5) is 26.5. The van der Waals surface area contributed by atoms with Gasteiger partial charge >= 0.3 is 5.97 Å². The molecule has 1 heterocycles. The number of hydrogen-bond acceptors (Lipinski definition) is 4. The fourth-order valence-electron chi connectivity index (χ4n) is 3.50. The van der Waals surface area contributed by atoms with Crippen molar-refractivity contribution in [2.24, 2.45) is 5.92 Å². The van der Waals surface area contributed by atoms with Crippen molar-refractivity contribution in [3.05, 3.63) is 71.8 Å². The Kier molecular flexibility index (Phi) is 5.88. The number of carbonyl (C=O) groups is 2. The highest BCUT2D eigenvalue weighted by Gasteiger charge is 2.47. The third-order valence-electron chi connectivity index (χ3n) is 4.97. The van der Waals surface area contributed by atoms with E-state index >= 15 is 0 Å². The van der Waals surface area contributed by atoms with Gasteiger partial charge in [-0.3, -0.25) is 9.69 Å². The summed E-state index contributed by atoms with van der Waals surface area (Å²) in [5.41, 5.74) is -1.94. The Morgan fingerprint density at radius 2 is 1.70 bits per heavy atom. The number of carboxylic acids is 1. The lowest BCUT2D eigenvalue weighted by Crippen LogP contribution is -2.57. The average Bonchev–Trinajstić information content (AvgIpc) is 2.73. The van der Waals surface area contributed by atoms with Crippen LogP contribution in [0.4, 0.5) is 0 Å². The highest BCUT2D eigenvalue weighted by atomic mass is 16.4. The molecule has 3 rings (SSSR count). The molecule has 142 valence electrons. The van der Waals surface area contributed by atoms with E-state index in [1.54, 1.807) is 48.5 Å². The second kappa shape index (κ2) is 8.33. The first-order valence-corrected chi connectivity index (χ1v) is 9.12. The fourth-order valence-corrected chi connectivity index (χ4v) is 3.50. The lowest BCUT2D eigenvalue weighted by atomic mass is 9.94. The van der Waals surface area contributed by atoms with Crippen LogP contribution in [-0.2, 0) is 10.5 Å². The number of piperidine rings is 1. The number of aliphatic carboxylic acids is 1. The summed E-state index contributed by atoms with van der Waals surface area (Å²) in [6, 6.07) is 16.6. The van der Waals surface area contributed by atoms with Crippen LogP contribution in [0, 0.1) is 5.92 Å². The van der Waals surface area contributed by atoms with Crippen LogP contribution in [-0.4, -0.2) is 46.6 Å². The van der Waals surface area contributed by atoms with Crippen molar-refractivity contribution in [3.63, 3.8) is 0 Å². The molecule has 0 unspecified atom stereocenters. The summed E-state index contributed by atoms with van der Waals surface area (Å²) in [5.74, 6) is -1.90. The van der Waals surface area contributed by atoms with Crippen molar-refractivity contribution in [3.8, 4) is 0 Å². The molecule has 27 heavy (non-hydrogen) atoms. The molecule has 0 radical (unpaired) electrons. The van der Waals surface area contributed by atoms with Crippen LogP contribution in [0.15, 0.2) is 60.7 Å². The average molecular weight is 368 g/mol. The topological polar surface area (TPSA) is 89.9 Å². The van der Waals surface area contributed by atoms with Gasteiger partial charge < -0.3 is 15.5 Å². The minimum atomic E-state index is -2.44. The zero-order valence-corrected chi connectivity index (χ0v) is 15.0. The molecular weight excluding hydrogens is 344 g/mol. The molecule has 0 bridgehead atoms. The lowest BCUT2D eigenvalue weighted by molar-refractivity contribution is -0.181. The van der Waals surface area contributed by atoms with Crippen molar-refractivity contribution >= 4 is 11.9 Å². The number of carboxylic acid groups (broad SMARTS) is 1. The van der Waals surface area contributed by atoms with Gasteiger partial charge in [-0.25, -0.2) is 4.79 Å². The number of nitrogens with one attached hydrogen (secondary N) is 1. The van der Waals surface area contributed by atoms with E-state index in [0.717, 1.165) is 24.3 Å². The fraction of sp³-hybridized carbons (Fsp3) is 0.333. The molecule has 1 amide bonds. The minimum absolute atomic E-state index is 0.0704. The predicted octanol–water partition coefficient (Wildman–Crippen LogP) is 2.06. The summed E-state index contributed by atoms with van der Waals surface area (Å²) in [6.07, 6.45) is 1.82. The second-order valence-electron chi connectivity index (χ2n) is 6.84. The van der Waals surface area contributed by atoms with Crippen LogP contribution in [0.2, 0.25) is 0 Å². The van der Waals surface area contributed by atoms with Crippen molar-refractivity contribution in [2.75, 3.05) is 19.6 Å². The summed E-state index contributed by atoms with van der Waals surface area (Å²) in [6.45, 7) is 1.74. The normalized spacial score (nSPS) is 19.1. The first-order chi connectivity index (χ1) is 13.0. The molecule has 6 heteroatoms. The van der Waals surface area contributed by atoms with Crippen LogP contribution >= 0.6 is 0 Å². The number of benzene rings is 2. The van der Waals surface area contributed by atoms with Gasteiger partial charge in [-0.1, -0.05) is 48.5 Å². The molecule has 2 atom stereocenters. The predicted molar refractivity (Wildman–Crippen MR) is 101 cm³/mol. The van der Waals surface area contributed by atoms with Crippen LogP contribution in [0.25, 0.3) is 0 Å². The monoisotopic (exact) mass is 368 g/mol. The molecule has 1 aliphatic rings. The summed E-state index contributed by atoms with van der Waals surface area (Å²) < 4.78 is 0. The Balaban J connectivity index is 2.03. The maximum absolute atomic E-state index is 13.2. The number of hydrogen-bond donors (Lipinski definition) is 3. The van der Waals surface area contributed by atoms with Crippen LogP contribution in [0.3, 0.4) is 0 Å². The van der Waals surface area contributed by atoms with E-state index in [1.807, 2.05) is 0 Å². The number of nitrogens with zero attached hydrogens (tertiary/aromatic N) is 1. The molecule has 0 saturated carbocycles. The van der Waals surface area contributed by atoms with Crippen LogP contribution < -0.4 is 5.32 Å². The third kappa shape index (κ3) is 4.02. The first kappa shape index (κ1) is 19.1. The molecule has 1 fully saturated rings. The van der Waals surface area contributed by atoms with Gasteiger partial charge in [-0.15, -0.1) is 0 Å². The molecule has 6 nitrogen and oxygen atoms in total. The molecule has 2 aromatic rings. The van der Waals surface area contributed by atoms with Crippen molar-refractivity contribution in [1.29, 1.82) is 0 Å². The summed E-state index contributed by atoms with van der Waals surface area (Å²) in [7, 11) is 0. The van der Waals surface area contributed by atoms with Crippen molar-refractivity contribution in [2.45, 2.75) is 18.6 Å². The Morgan fingerprint density at radius 1 is 1.07 bits per heavy atom. The van der Waals surface area contributed by atoms with Gasteiger partial charge in [0.05, 0.1) is 0 Å². The van der Waals surface area contributed by atoms with E-state index in [1.165, 1.54) is 12.1 Å². The van der Waals surface area contributed by atoms with Crippen molar-refractivity contribution < 1.29 is 19.8 Å². The number of carbonyl (C=O) groups excluding carboxylic acids is 1. The van der Waals surface area contributed by atoms with Gasteiger partial charge in [0.15, 0.2) is 0 Å². The molecule has 1 saturated heterocycles. The van der Waals surface area contributed by atoms with E-state index in [2.05, 4.69) is 5.32 Å². The van der Waals surface area contributed by atoms with Crippen LogP contribution in [0.5, 0.6) is 0 Å². The van der Waals surface area contributed by atoms with Gasteiger partial charge in [0, 0.05) is 17.7 Å². The van der Waals surface area contributed by atoms with E-state index in [0.29, 0.717) is 12.1 Å². The van der Waals surface area contributed by atoms with Gasteiger partial charge in [0.1, 0.15) is 0 Å². The number of aliphatic hydroxyl groups is 1. The second-order valence-corrected chi connectivity index (χ2v) is 6.84. The Bertz CT molecular complexity index is 775. The lowest BCUT2D eigenvalue weighted by Gasteiger charge is -2.39. The standard InChI is InChI=1S/C21H24N2O4/c24-19(17-9-3-1-4-10-17)23(15-16-8-7-13-22-14-16)21(27,20(25)26)18-11-5-2-6-12-18/h1-6,9-12,16,22,27H,7-8,13-15H2,(H,25,26)/t16-,21-/m1/s1. The minimum Gasteiger partial charge on any atom is -0.477 e. The largest absolute Gasteiger partial charge is 0.477 e. The van der Waals surface area contributed by atoms with Gasteiger partial charge in [0.2, 0.25) is 0 Å². The van der Waals surface area contributed by atoms with E-state index in [9.17, 15) is 19.8 Å². The Hall–Kier alpha value is -2.70. The number of amides is 1. The Morgan fingerprint density at radius 3 is 2.26 bits per heavy atom. The third-order valence-corrected chi connectivity index (χ3v) is 4.97. The van der Waals surface area contributed by atoms with E-state index < -0.39 is 17.6 Å². The zero-order valence-electron chi connectivity index (χ0n) is 15.0. The van der Waals surface area contributed by atoms with Gasteiger partial charge in [0.25, 0.3) is 11.6 Å². The van der Waals surface area contributed by atoms with E-state index in [4.69, 9.17) is 0 Å². The Labute approximate surface area is 158 Å². The zero-order chi connectivity index (χ0) is 19.3. The molecular formula is C21H24N2O4. The van der Waals surface area contributed by atoms with Gasteiger partial charge in [-0.2, -0.15) is 0 Å². The maximum atomic E-state index is 13.2. The molecule has 0 spiro atoms. The smallest absolute Gasteiger partial charge is 0.362 e. The SMILES string of the molecule is O=C(c1ccccc1)N(C[C@@H]1CCCNC1)[C@](O)(C(=O)O)c1ccccc1. The maximum Gasteiger partial charge on any atom is 0.362 e. The summed E-state index contributed by atoms with van der Waals surface area (Å²) >= 11 is 0. The number of rotatable bonds is 6. The highest BCUT2D eigenvalue weighted by Crippen LogP contribution is 2.30. The van der Waals surface area contributed by atoms with Crippen LogP contribution in [0.1, 0.15) is 28.8 Å². The molecule has 0 aromatic heterocycles. The molecule has 1 aliphatic heterocycles. The quantitative estimate of drug-likeness (QED) is 0.679.